The maximum Gasteiger partial charge on any atom is 0.231 e. The summed E-state index contributed by atoms with van der Waals surface area (Å²) in [7, 11) is 1.67. The molecule has 4 rings (SSSR count). The summed E-state index contributed by atoms with van der Waals surface area (Å²) >= 11 is 6.12. The van der Waals surface area contributed by atoms with Crippen LogP contribution in [0.3, 0.4) is 0 Å². The maximum atomic E-state index is 13.2. The highest BCUT2D eigenvalue weighted by atomic mass is 35.5. The van der Waals surface area contributed by atoms with E-state index in [0.29, 0.717) is 23.8 Å². The molecule has 1 aliphatic rings. The van der Waals surface area contributed by atoms with Crippen LogP contribution in [-0.2, 0) is 4.79 Å². The number of carbonyl (C=O) groups excluding carboxylic acids is 1. The normalized spacial score (nSPS) is 18.2. The van der Waals surface area contributed by atoms with E-state index in [0.717, 1.165) is 29.7 Å². The molecule has 0 saturated carbocycles. The van der Waals surface area contributed by atoms with Gasteiger partial charge in [0.1, 0.15) is 12.1 Å². The van der Waals surface area contributed by atoms with Gasteiger partial charge in [0, 0.05) is 17.0 Å². The van der Waals surface area contributed by atoms with Crippen LogP contribution in [0.2, 0.25) is 5.02 Å². The van der Waals surface area contributed by atoms with Crippen molar-refractivity contribution in [1.29, 1.82) is 0 Å². The van der Waals surface area contributed by atoms with Gasteiger partial charge in [0.2, 0.25) is 11.9 Å². The monoisotopic (exact) mass is 424 g/mol. The van der Waals surface area contributed by atoms with Gasteiger partial charge in [0.25, 0.3) is 0 Å². The summed E-state index contributed by atoms with van der Waals surface area (Å²) in [5.74, 6) is 1.42. The molecule has 0 spiro atoms. The van der Waals surface area contributed by atoms with Crippen molar-refractivity contribution in [1.82, 2.24) is 14.8 Å². The fourth-order valence-corrected chi connectivity index (χ4v) is 4.22. The van der Waals surface area contributed by atoms with Crippen LogP contribution in [0.1, 0.15) is 55.8 Å². The van der Waals surface area contributed by atoms with Crippen LogP contribution in [0.5, 0.6) is 5.75 Å². The fourth-order valence-electron chi connectivity index (χ4n) is 4.10. The average molecular weight is 425 g/mol. The molecule has 6 nitrogen and oxygen atoms in total. The Bertz CT molecular complexity index is 1020. The first-order chi connectivity index (χ1) is 14.6. The van der Waals surface area contributed by atoms with Crippen molar-refractivity contribution < 1.29 is 9.53 Å². The molecule has 7 heteroatoms. The number of rotatable bonds is 6. The van der Waals surface area contributed by atoms with Crippen molar-refractivity contribution in [2.24, 2.45) is 0 Å². The molecule has 0 N–H and O–H groups in total. The number of methoxy groups -OCH3 is 1. The number of ether oxygens (including phenoxy) is 1. The minimum absolute atomic E-state index is 0.0597. The lowest BCUT2D eigenvalue weighted by atomic mass is 9.91. The van der Waals surface area contributed by atoms with Gasteiger partial charge in [-0.1, -0.05) is 55.3 Å². The number of anilines is 1. The van der Waals surface area contributed by atoms with Crippen molar-refractivity contribution in [2.75, 3.05) is 12.0 Å². The molecule has 2 heterocycles. The Balaban J connectivity index is 1.82. The smallest absolute Gasteiger partial charge is 0.231 e. The number of hydrogen-bond acceptors (Lipinski definition) is 4. The second-order valence-electron chi connectivity index (χ2n) is 7.43. The number of para-hydroxylation sites is 1. The third-order valence-corrected chi connectivity index (χ3v) is 5.84. The standard InChI is InChI=1S/C23H25ClN4O2/c1-3-4-9-22(29)27-19(16-10-12-17(24)13-11-16)14-20(28-23(27)25-15-26-28)18-7-5-6-8-21(18)30-2/h5-8,10-13,15,19-20H,3-4,9,14H2,1-2H3/t19-,20+/m0/s1. The third-order valence-electron chi connectivity index (χ3n) is 5.59. The van der Waals surface area contributed by atoms with Crippen LogP contribution >= 0.6 is 11.6 Å². The zero-order chi connectivity index (χ0) is 21.1. The van der Waals surface area contributed by atoms with E-state index in [1.807, 2.05) is 53.2 Å². The van der Waals surface area contributed by atoms with Crippen LogP contribution in [0.4, 0.5) is 5.95 Å². The van der Waals surface area contributed by atoms with Crippen LogP contribution < -0.4 is 9.64 Å². The lowest BCUT2D eigenvalue weighted by molar-refractivity contribution is -0.119. The molecular weight excluding hydrogens is 400 g/mol. The molecule has 1 aromatic heterocycles. The minimum Gasteiger partial charge on any atom is -0.496 e. The van der Waals surface area contributed by atoms with E-state index in [9.17, 15) is 4.79 Å². The predicted octanol–water partition coefficient (Wildman–Crippen LogP) is 5.20. The Labute approximate surface area is 181 Å². The highest BCUT2D eigenvalue weighted by Gasteiger charge is 2.39. The quantitative estimate of drug-likeness (QED) is 0.545. The molecule has 0 saturated heterocycles. The number of carbonyl (C=O) groups is 1. The lowest BCUT2D eigenvalue weighted by Crippen LogP contribution is -2.42. The number of hydrogen-bond donors (Lipinski definition) is 0. The van der Waals surface area contributed by atoms with E-state index >= 15 is 0 Å². The molecule has 0 radical (unpaired) electrons. The first-order valence-electron chi connectivity index (χ1n) is 10.2. The Morgan fingerprint density at radius 3 is 2.67 bits per heavy atom. The summed E-state index contributed by atoms with van der Waals surface area (Å²) in [4.78, 5) is 19.5. The number of benzene rings is 2. The van der Waals surface area contributed by atoms with Crippen LogP contribution in [0.15, 0.2) is 54.9 Å². The van der Waals surface area contributed by atoms with E-state index in [1.54, 1.807) is 12.0 Å². The maximum absolute atomic E-state index is 13.2. The molecule has 0 bridgehead atoms. The van der Waals surface area contributed by atoms with Crippen LogP contribution in [0.25, 0.3) is 0 Å². The molecule has 3 aromatic rings. The van der Waals surface area contributed by atoms with Gasteiger partial charge < -0.3 is 4.74 Å². The van der Waals surface area contributed by atoms with Crippen molar-refractivity contribution in [3.05, 3.63) is 71.0 Å². The van der Waals surface area contributed by atoms with Gasteiger partial charge in [-0.05, 0) is 36.6 Å². The number of aromatic nitrogens is 3. The molecule has 0 aliphatic carbocycles. The summed E-state index contributed by atoms with van der Waals surface area (Å²) in [6.45, 7) is 2.08. The largest absolute Gasteiger partial charge is 0.496 e. The molecule has 2 aromatic carbocycles. The Hall–Kier alpha value is -2.86. The lowest BCUT2D eigenvalue weighted by Gasteiger charge is -2.39. The van der Waals surface area contributed by atoms with Gasteiger partial charge >= 0.3 is 0 Å². The summed E-state index contributed by atoms with van der Waals surface area (Å²) in [5.41, 5.74) is 2.05. The fraction of sp³-hybridized carbons (Fsp3) is 0.348. The Kier molecular flexibility index (Phi) is 6.04. The van der Waals surface area contributed by atoms with Crippen molar-refractivity contribution in [3.63, 3.8) is 0 Å². The highest BCUT2D eigenvalue weighted by molar-refractivity contribution is 6.30. The second kappa shape index (κ2) is 8.88. The van der Waals surface area contributed by atoms with E-state index in [1.165, 1.54) is 6.33 Å². The molecular formula is C23H25ClN4O2. The molecule has 1 amide bonds. The van der Waals surface area contributed by atoms with Crippen molar-refractivity contribution >= 4 is 23.5 Å². The number of fused-ring (bicyclic) bond motifs is 1. The summed E-state index contributed by atoms with van der Waals surface area (Å²) in [6, 6.07) is 15.4. The van der Waals surface area contributed by atoms with E-state index in [-0.39, 0.29) is 18.0 Å². The number of unbranched alkanes of at least 4 members (excludes halogenated alkanes) is 1. The van der Waals surface area contributed by atoms with E-state index in [2.05, 4.69) is 17.0 Å². The van der Waals surface area contributed by atoms with Gasteiger partial charge in [-0.3, -0.25) is 9.69 Å². The molecule has 1 aliphatic heterocycles. The molecule has 0 unspecified atom stereocenters. The molecule has 0 fully saturated rings. The zero-order valence-electron chi connectivity index (χ0n) is 17.2. The molecule has 2 atom stereocenters. The van der Waals surface area contributed by atoms with Crippen molar-refractivity contribution in [2.45, 2.75) is 44.7 Å². The van der Waals surface area contributed by atoms with Gasteiger partial charge in [-0.2, -0.15) is 10.1 Å². The van der Waals surface area contributed by atoms with Crippen LogP contribution in [0, 0.1) is 0 Å². The zero-order valence-corrected chi connectivity index (χ0v) is 17.9. The Morgan fingerprint density at radius 2 is 1.93 bits per heavy atom. The predicted molar refractivity (Wildman–Crippen MR) is 117 cm³/mol. The first-order valence-corrected chi connectivity index (χ1v) is 10.6. The van der Waals surface area contributed by atoms with Crippen LogP contribution in [-0.4, -0.2) is 27.8 Å². The number of nitrogens with zero attached hydrogens (tertiary/aromatic N) is 4. The summed E-state index contributed by atoms with van der Waals surface area (Å²) in [6.07, 6.45) is 4.46. The second-order valence-corrected chi connectivity index (χ2v) is 7.87. The average Bonchev–Trinajstić information content (AvgIpc) is 3.26. The highest BCUT2D eigenvalue weighted by Crippen LogP contribution is 2.44. The van der Waals surface area contributed by atoms with E-state index < -0.39 is 0 Å². The minimum atomic E-state index is -0.168. The topological polar surface area (TPSA) is 60.2 Å². The first kappa shape index (κ1) is 20.4. The SMILES string of the molecule is CCCCC(=O)N1c2ncnn2[C@@H](c2ccccc2OC)C[C@H]1c1ccc(Cl)cc1. The van der Waals surface area contributed by atoms with E-state index in [4.69, 9.17) is 16.3 Å². The summed E-state index contributed by atoms with van der Waals surface area (Å²) in [5, 5.41) is 5.15. The number of amides is 1. The molecule has 156 valence electrons. The summed E-state index contributed by atoms with van der Waals surface area (Å²) < 4.78 is 7.46. The van der Waals surface area contributed by atoms with Crippen molar-refractivity contribution in [3.8, 4) is 5.75 Å². The third kappa shape index (κ3) is 3.79. The Morgan fingerprint density at radius 1 is 1.17 bits per heavy atom. The van der Waals surface area contributed by atoms with Gasteiger partial charge in [-0.25, -0.2) is 4.68 Å². The number of halogens is 1. The molecule has 30 heavy (non-hydrogen) atoms. The van der Waals surface area contributed by atoms with Gasteiger partial charge in [-0.15, -0.1) is 0 Å². The van der Waals surface area contributed by atoms with Gasteiger partial charge in [0.15, 0.2) is 0 Å². The van der Waals surface area contributed by atoms with Gasteiger partial charge in [0.05, 0.1) is 19.2 Å².